The Morgan fingerprint density at radius 1 is 1.42 bits per heavy atom. The van der Waals surface area contributed by atoms with Crippen LogP contribution in [0.3, 0.4) is 0 Å². The van der Waals surface area contributed by atoms with Crippen molar-refractivity contribution < 1.29 is 29.2 Å². The van der Waals surface area contributed by atoms with Gasteiger partial charge in [0.25, 0.3) is 0 Å². The van der Waals surface area contributed by atoms with E-state index >= 15 is 0 Å². The van der Waals surface area contributed by atoms with Gasteiger partial charge < -0.3 is 14.6 Å². The van der Waals surface area contributed by atoms with Gasteiger partial charge in [0, 0.05) is 18.4 Å². The topological polar surface area (TPSA) is 76.0 Å². The van der Waals surface area contributed by atoms with Crippen LogP contribution in [0.15, 0.2) is 24.3 Å². The van der Waals surface area contributed by atoms with Crippen molar-refractivity contribution in [1.82, 2.24) is 0 Å². The molecule has 1 saturated heterocycles. The predicted molar refractivity (Wildman–Crippen MR) is 83.1 cm³/mol. The van der Waals surface area contributed by atoms with Gasteiger partial charge in [0.2, 0.25) is 0 Å². The number of likely N-dealkylation sites (N-methyl/N-ethyl adjacent to an activating group) is 1. The number of likely N-dealkylation sites (tertiary alicyclic amines) is 1. The summed E-state index contributed by atoms with van der Waals surface area (Å²) in [6.07, 6.45) is 3.22. The van der Waals surface area contributed by atoms with Gasteiger partial charge in [0.15, 0.2) is 35.0 Å². The molecule has 5 atom stereocenters. The zero-order chi connectivity index (χ0) is 16.9. The summed E-state index contributed by atoms with van der Waals surface area (Å²) in [5.41, 5.74) is -0.258. The third kappa shape index (κ3) is 1.30. The summed E-state index contributed by atoms with van der Waals surface area (Å²) in [6, 6.07) is 3.36. The highest BCUT2D eigenvalue weighted by molar-refractivity contribution is 5.99. The fourth-order valence-electron chi connectivity index (χ4n) is 5.46. The summed E-state index contributed by atoms with van der Waals surface area (Å²) in [7, 11) is 3.29. The Balaban J connectivity index is 1.89. The fourth-order valence-corrected chi connectivity index (χ4v) is 5.46. The first kappa shape index (κ1) is 14.5. The molecule has 1 spiro atoms. The number of carbonyl (C=O) groups is 1. The van der Waals surface area contributed by atoms with Crippen molar-refractivity contribution in [3.8, 4) is 11.5 Å². The van der Waals surface area contributed by atoms with Gasteiger partial charge in [-0.15, -0.1) is 0 Å². The quantitative estimate of drug-likeness (QED) is 0.743. The molecule has 4 aliphatic rings. The maximum atomic E-state index is 12.6. The summed E-state index contributed by atoms with van der Waals surface area (Å²) in [6.45, 7) is 0.462. The number of carbonyl (C=O) groups excluding carboxylic acids is 1. The first-order valence-electron chi connectivity index (χ1n) is 8.25. The summed E-state index contributed by atoms with van der Waals surface area (Å²) >= 11 is 0. The van der Waals surface area contributed by atoms with E-state index in [0.717, 1.165) is 11.1 Å². The Morgan fingerprint density at radius 2 is 2.21 bits per heavy atom. The lowest BCUT2D eigenvalue weighted by molar-refractivity contribution is -1.11. The average Bonchev–Trinajstić information content (AvgIpc) is 2.90. The number of hydroxylamine groups is 3. The number of quaternary nitrogens is 1. The number of hydrogen-bond acceptors (Lipinski definition) is 5. The molecule has 0 radical (unpaired) electrons. The first-order valence-corrected chi connectivity index (χ1v) is 8.25. The van der Waals surface area contributed by atoms with E-state index in [1.165, 1.54) is 6.08 Å². The van der Waals surface area contributed by atoms with Crippen LogP contribution in [0.25, 0.3) is 0 Å². The second kappa shape index (κ2) is 4.02. The van der Waals surface area contributed by atoms with Gasteiger partial charge >= 0.3 is 0 Å². The van der Waals surface area contributed by atoms with Crippen molar-refractivity contribution in [2.75, 3.05) is 20.7 Å². The molecule has 1 aromatic rings. The predicted octanol–water partition coefficient (Wildman–Crippen LogP) is 0.728. The second-order valence-electron chi connectivity index (χ2n) is 7.57. The lowest BCUT2D eigenvalue weighted by atomic mass is 9.50. The standard InChI is InChI=1S/C18H20NO5/c1-19(22)8-7-17-14-10-3-4-12(23-2)15(14)24-16(17)11(20)5-6-18(17,21)13(19)9-10/h3-6,13,16,21-22H,7-9H2,1-2H3/q+1. The molecule has 5 unspecified atom stereocenters. The molecular formula is C18H20NO5+. The van der Waals surface area contributed by atoms with Gasteiger partial charge in [0.1, 0.15) is 6.54 Å². The number of aliphatic hydroxyl groups is 1. The number of methoxy groups -OCH3 is 1. The van der Waals surface area contributed by atoms with E-state index in [9.17, 15) is 15.1 Å². The Labute approximate surface area is 139 Å². The van der Waals surface area contributed by atoms with Crippen molar-refractivity contribution in [3.63, 3.8) is 0 Å². The first-order chi connectivity index (χ1) is 11.3. The zero-order valence-electron chi connectivity index (χ0n) is 13.7. The summed E-state index contributed by atoms with van der Waals surface area (Å²) < 4.78 is 11.2. The Kier molecular flexibility index (Phi) is 2.42. The summed E-state index contributed by atoms with van der Waals surface area (Å²) in [4.78, 5) is 12.6. The van der Waals surface area contributed by atoms with Crippen molar-refractivity contribution in [1.29, 1.82) is 0 Å². The molecule has 1 fully saturated rings. The molecule has 2 aliphatic heterocycles. The van der Waals surface area contributed by atoms with Gasteiger partial charge in [-0.05, 0) is 23.8 Å². The molecule has 0 saturated carbocycles. The second-order valence-corrected chi connectivity index (χ2v) is 7.57. The van der Waals surface area contributed by atoms with Gasteiger partial charge in [-0.1, -0.05) is 6.07 Å². The summed E-state index contributed by atoms with van der Waals surface area (Å²) in [5, 5.41) is 22.6. The van der Waals surface area contributed by atoms with Crippen LogP contribution in [0.4, 0.5) is 0 Å². The molecule has 6 nitrogen and oxygen atoms in total. The number of ketones is 1. The highest BCUT2D eigenvalue weighted by atomic mass is 16.6. The van der Waals surface area contributed by atoms with Crippen LogP contribution in [0.1, 0.15) is 17.5 Å². The van der Waals surface area contributed by atoms with E-state index in [1.807, 2.05) is 12.1 Å². The number of hydrogen-bond donors (Lipinski definition) is 2. The minimum atomic E-state index is -1.32. The molecule has 2 heterocycles. The number of nitrogens with zero attached hydrogens (tertiary/aromatic N) is 1. The van der Waals surface area contributed by atoms with Crippen LogP contribution in [0, 0.1) is 0 Å². The largest absolute Gasteiger partial charge is 0.493 e. The van der Waals surface area contributed by atoms with Gasteiger partial charge in [-0.2, -0.15) is 4.65 Å². The van der Waals surface area contributed by atoms with E-state index in [1.54, 1.807) is 20.2 Å². The highest BCUT2D eigenvalue weighted by Gasteiger charge is 2.75. The number of rotatable bonds is 1. The van der Waals surface area contributed by atoms with Crippen LogP contribution in [-0.4, -0.2) is 59.2 Å². The maximum absolute atomic E-state index is 12.6. The number of piperidine rings is 1. The Morgan fingerprint density at radius 3 is 2.96 bits per heavy atom. The molecule has 5 rings (SSSR count). The molecule has 1 aromatic carbocycles. The smallest absolute Gasteiger partial charge is 0.197 e. The van der Waals surface area contributed by atoms with E-state index in [-0.39, 0.29) is 10.4 Å². The lowest BCUT2D eigenvalue weighted by Crippen LogP contribution is -2.78. The van der Waals surface area contributed by atoms with Crippen molar-refractivity contribution in [2.45, 2.75) is 36.0 Å². The molecule has 24 heavy (non-hydrogen) atoms. The monoisotopic (exact) mass is 330 g/mol. The number of ether oxygens (including phenoxy) is 2. The van der Waals surface area contributed by atoms with Crippen LogP contribution in [-0.2, 0) is 16.6 Å². The van der Waals surface area contributed by atoms with E-state index in [0.29, 0.717) is 30.9 Å². The Hall–Kier alpha value is -1.89. The van der Waals surface area contributed by atoms with E-state index in [4.69, 9.17) is 9.47 Å². The fraction of sp³-hybridized carbons (Fsp3) is 0.500. The van der Waals surface area contributed by atoms with E-state index < -0.39 is 23.2 Å². The van der Waals surface area contributed by atoms with E-state index in [2.05, 4.69) is 0 Å². The van der Waals surface area contributed by atoms with Crippen LogP contribution >= 0.6 is 0 Å². The van der Waals surface area contributed by atoms with Crippen molar-refractivity contribution in [3.05, 3.63) is 35.4 Å². The van der Waals surface area contributed by atoms with Crippen LogP contribution in [0.5, 0.6) is 11.5 Å². The molecule has 126 valence electrons. The molecule has 0 aromatic heterocycles. The third-order valence-electron chi connectivity index (χ3n) is 6.58. The lowest BCUT2D eigenvalue weighted by Gasteiger charge is -2.59. The SMILES string of the molecule is COc1ccc2c3c1OC1C(=O)C=CC4(O)C(C2)[N+](C)(O)CCC314. The normalized spacial score (nSPS) is 44.1. The molecular weight excluding hydrogens is 310 g/mol. The maximum Gasteiger partial charge on any atom is 0.197 e. The summed E-state index contributed by atoms with van der Waals surface area (Å²) in [5.74, 6) is 1.01. The Bertz CT molecular complexity index is 816. The average molecular weight is 330 g/mol. The van der Waals surface area contributed by atoms with Crippen molar-refractivity contribution >= 4 is 5.78 Å². The number of benzene rings is 1. The zero-order valence-corrected chi connectivity index (χ0v) is 13.7. The third-order valence-corrected chi connectivity index (χ3v) is 6.58. The molecule has 0 amide bonds. The molecule has 2 bridgehead atoms. The molecule has 6 heteroatoms. The van der Waals surface area contributed by atoms with Crippen LogP contribution < -0.4 is 9.47 Å². The molecule has 2 aliphatic carbocycles. The van der Waals surface area contributed by atoms with Gasteiger partial charge in [0.05, 0.1) is 19.6 Å². The minimum Gasteiger partial charge on any atom is -0.493 e. The van der Waals surface area contributed by atoms with Gasteiger partial charge in [-0.25, -0.2) is 5.21 Å². The highest BCUT2D eigenvalue weighted by Crippen LogP contribution is 2.64. The van der Waals surface area contributed by atoms with Crippen molar-refractivity contribution in [2.24, 2.45) is 0 Å². The van der Waals surface area contributed by atoms with Crippen LogP contribution in [0.2, 0.25) is 0 Å². The molecule has 2 N–H and O–H groups in total. The minimum absolute atomic E-state index is 0.140. The van der Waals surface area contributed by atoms with Gasteiger partial charge in [-0.3, -0.25) is 4.79 Å².